The first-order valence-corrected chi connectivity index (χ1v) is 9.23. The Kier molecular flexibility index (Phi) is 6.18. The van der Waals surface area contributed by atoms with Gasteiger partial charge in [-0.2, -0.15) is 0 Å². The van der Waals surface area contributed by atoms with E-state index >= 15 is 0 Å². The molecule has 0 radical (unpaired) electrons. The Morgan fingerprint density at radius 3 is 2.52 bits per heavy atom. The lowest BCUT2D eigenvalue weighted by Gasteiger charge is -2.31. The number of pyridine rings is 1. The van der Waals surface area contributed by atoms with Crippen molar-refractivity contribution >= 4 is 5.91 Å². The number of nitrogens with one attached hydrogen (secondary N) is 1. The van der Waals surface area contributed by atoms with Crippen molar-refractivity contribution < 1.29 is 4.79 Å². The number of hydrogen-bond acceptors (Lipinski definition) is 3. The van der Waals surface area contributed by atoms with Gasteiger partial charge >= 0.3 is 0 Å². The molecule has 1 atom stereocenters. The van der Waals surface area contributed by atoms with Crippen molar-refractivity contribution in [2.75, 3.05) is 19.6 Å². The molecule has 1 aromatic heterocycles. The molecule has 1 amide bonds. The van der Waals surface area contributed by atoms with E-state index in [1.807, 2.05) is 13.0 Å². The Morgan fingerprint density at radius 2 is 1.84 bits per heavy atom. The van der Waals surface area contributed by atoms with Gasteiger partial charge in [0.05, 0.1) is 6.04 Å². The van der Waals surface area contributed by atoms with Gasteiger partial charge in [-0.05, 0) is 50.0 Å². The average molecular weight is 337 g/mol. The van der Waals surface area contributed by atoms with Gasteiger partial charge in [0.25, 0.3) is 5.91 Å². The van der Waals surface area contributed by atoms with E-state index in [4.69, 9.17) is 0 Å². The molecule has 25 heavy (non-hydrogen) atoms. The van der Waals surface area contributed by atoms with Crippen LogP contribution in [0, 0.1) is 6.92 Å². The number of aryl methyl sites for hydroxylation is 1. The third-order valence-electron chi connectivity index (χ3n) is 4.99. The first kappa shape index (κ1) is 17.6. The molecule has 4 heteroatoms. The minimum Gasteiger partial charge on any atom is -0.350 e. The molecule has 132 valence electrons. The molecule has 1 saturated heterocycles. The Labute approximate surface area is 150 Å². The van der Waals surface area contributed by atoms with Crippen molar-refractivity contribution in [1.82, 2.24) is 15.2 Å². The number of carbonyl (C=O) groups is 1. The number of likely N-dealkylation sites (tertiary alicyclic amines) is 1. The fourth-order valence-electron chi connectivity index (χ4n) is 3.55. The highest BCUT2D eigenvalue weighted by molar-refractivity contribution is 5.95. The van der Waals surface area contributed by atoms with Crippen LogP contribution in [0.25, 0.3) is 0 Å². The molecule has 4 nitrogen and oxygen atoms in total. The van der Waals surface area contributed by atoms with Crippen molar-refractivity contribution in [3.8, 4) is 0 Å². The minimum atomic E-state index is -0.0179. The molecule has 1 aliphatic heterocycles. The molecule has 0 unspecified atom stereocenters. The number of benzene rings is 1. The zero-order valence-electron chi connectivity index (χ0n) is 14.9. The molecule has 2 aromatic rings. The molecule has 1 N–H and O–H groups in total. The van der Waals surface area contributed by atoms with Crippen LogP contribution in [0.15, 0.2) is 48.8 Å². The van der Waals surface area contributed by atoms with E-state index in [1.54, 1.807) is 18.5 Å². The van der Waals surface area contributed by atoms with Crippen LogP contribution in [0.3, 0.4) is 0 Å². The summed E-state index contributed by atoms with van der Waals surface area (Å²) in [4.78, 5) is 19.2. The second-order valence-electron chi connectivity index (χ2n) is 6.78. The fraction of sp³-hybridized carbons (Fsp3) is 0.429. The summed E-state index contributed by atoms with van der Waals surface area (Å²) >= 11 is 0. The van der Waals surface area contributed by atoms with E-state index in [2.05, 4.69) is 39.5 Å². The second-order valence-corrected chi connectivity index (χ2v) is 6.78. The lowest BCUT2D eigenvalue weighted by molar-refractivity contribution is 0.0932. The largest absolute Gasteiger partial charge is 0.350 e. The first-order chi connectivity index (χ1) is 12.3. The van der Waals surface area contributed by atoms with E-state index in [1.165, 1.54) is 31.2 Å². The number of amides is 1. The van der Waals surface area contributed by atoms with E-state index in [-0.39, 0.29) is 11.9 Å². The second kappa shape index (κ2) is 8.77. The predicted molar refractivity (Wildman–Crippen MR) is 101 cm³/mol. The summed E-state index contributed by atoms with van der Waals surface area (Å²) in [5.74, 6) is -0.0179. The predicted octanol–water partition coefficient (Wildman–Crippen LogP) is 3.74. The fourth-order valence-corrected chi connectivity index (χ4v) is 3.55. The van der Waals surface area contributed by atoms with Gasteiger partial charge in [-0.1, -0.05) is 43.2 Å². The zero-order valence-corrected chi connectivity index (χ0v) is 14.9. The Bertz CT molecular complexity index is 679. The van der Waals surface area contributed by atoms with Crippen LogP contribution in [0.2, 0.25) is 0 Å². The zero-order chi connectivity index (χ0) is 17.5. The van der Waals surface area contributed by atoms with Crippen LogP contribution >= 0.6 is 0 Å². The summed E-state index contributed by atoms with van der Waals surface area (Å²) in [5, 5.41) is 3.15. The normalized spacial score (nSPS) is 16.8. The van der Waals surface area contributed by atoms with Crippen LogP contribution in [-0.2, 0) is 0 Å². The van der Waals surface area contributed by atoms with E-state index < -0.39 is 0 Å². The Morgan fingerprint density at radius 1 is 1.12 bits per heavy atom. The Balaban J connectivity index is 1.73. The van der Waals surface area contributed by atoms with Crippen molar-refractivity contribution in [3.63, 3.8) is 0 Å². The van der Waals surface area contributed by atoms with Crippen molar-refractivity contribution in [2.45, 2.75) is 38.6 Å². The quantitative estimate of drug-likeness (QED) is 0.904. The van der Waals surface area contributed by atoms with Crippen LogP contribution in [0.1, 0.15) is 53.2 Å². The van der Waals surface area contributed by atoms with E-state index in [9.17, 15) is 4.79 Å². The van der Waals surface area contributed by atoms with Gasteiger partial charge < -0.3 is 5.32 Å². The van der Waals surface area contributed by atoms with Crippen molar-refractivity contribution in [2.24, 2.45) is 0 Å². The van der Waals surface area contributed by atoms with Crippen LogP contribution < -0.4 is 5.32 Å². The van der Waals surface area contributed by atoms with Crippen molar-refractivity contribution in [1.29, 1.82) is 0 Å². The highest BCUT2D eigenvalue weighted by atomic mass is 16.1. The van der Waals surface area contributed by atoms with Gasteiger partial charge in [0.2, 0.25) is 0 Å². The van der Waals surface area contributed by atoms with Gasteiger partial charge in [0.1, 0.15) is 0 Å². The first-order valence-electron chi connectivity index (χ1n) is 9.23. The van der Waals surface area contributed by atoms with Crippen LogP contribution in [0.4, 0.5) is 0 Å². The van der Waals surface area contributed by atoms with Crippen molar-refractivity contribution in [3.05, 3.63) is 65.5 Å². The lowest BCUT2D eigenvalue weighted by Crippen LogP contribution is -2.38. The average Bonchev–Trinajstić information content (AvgIpc) is 2.92. The molecule has 1 aromatic carbocycles. The van der Waals surface area contributed by atoms with Gasteiger partial charge in [0.15, 0.2) is 0 Å². The standard InChI is InChI=1S/C21H27N3O/c1-17-15-22-12-11-19(17)21(25)23-16-20(18-9-5-4-6-10-18)24-13-7-2-3-8-14-24/h4-6,9-12,15,20H,2-3,7-8,13-14,16H2,1H3,(H,23,25)/t20-/m0/s1. The van der Waals surface area contributed by atoms with Crippen LogP contribution in [-0.4, -0.2) is 35.4 Å². The molecule has 2 heterocycles. The monoisotopic (exact) mass is 337 g/mol. The van der Waals surface area contributed by atoms with Crippen LogP contribution in [0.5, 0.6) is 0 Å². The molecule has 1 fully saturated rings. The number of carbonyl (C=O) groups excluding carboxylic acids is 1. The summed E-state index contributed by atoms with van der Waals surface area (Å²) in [6.07, 6.45) is 8.49. The summed E-state index contributed by atoms with van der Waals surface area (Å²) in [6, 6.07) is 12.5. The number of rotatable bonds is 5. The maximum atomic E-state index is 12.6. The third-order valence-corrected chi connectivity index (χ3v) is 4.99. The van der Waals surface area contributed by atoms with E-state index in [0.717, 1.165) is 18.7 Å². The molecular formula is C21H27N3O. The van der Waals surface area contributed by atoms with Gasteiger partial charge in [-0.3, -0.25) is 14.7 Å². The summed E-state index contributed by atoms with van der Waals surface area (Å²) in [5.41, 5.74) is 2.89. The maximum Gasteiger partial charge on any atom is 0.251 e. The Hall–Kier alpha value is -2.20. The molecule has 0 bridgehead atoms. The van der Waals surface area contributed by atoms with E-state index in [0.29, 0.717) is 12.1 Å². The highest BCUT2D eigenvalue weighted by Crippen LogP contribution is 2.24. The molecule has 3 rings (SSSR count). The number of nitrogens with zero attached hydrogens (tertiary/aromatic N) is 2. The number of aromatic nitrogens is 1. The summed E-state index contributed by atoms with van der Waals surface area (Å²) in [6.45, 7) is 4.75. The number of hydrogen-bond donors (Lipinski definition) is 1. The minimum absolute atomic E-state index is 0.0179. The SMILES string of the molecule is Cc1cnccc1C(=O)NC[C@@H](c1ccccc1)N1CCCCCC1. The molecule has 0 spiro atoms. The van der Waals surface area contributed by atoms with Gasteiger partial charge in [0, 0.05) is 24.5 Å². The van der Waals surface area contributed by atoms with Gasteiger partial charge in [-0.25, -0.2) is 0 Å². The smallest absolute Gasteiger partial charge is 0.251 e. The summed E-state index contributed by atoms with van der Waals surface area (Å²) in [7, 11) is 0. The molecule has 0 saturated carbocycles. The third kappa shape index (κ3) is 4.67. The lowest BCUT2D eigenvalue weighted by atomic mass is 10.0. The molecular weight excluding hydrogens is 310 g/mol. The summed E-state index contributed by atoms with van der Waals surface area (Å²) < 4.78 is 0. The highest BCUT2D eigenvalue weighted by Gasteiger charge is 2.22. The van der Waals surface area contributed by atoms with Gasteiger partial charge in [-0.15, -0.1) is 0 Å². The molecule has 0 aliphatic carbocycles. The maximum absolute atomic E-state index is 12.6. The molecule has 1 aliphatic rings. The topological polar surface area (TPSA) is 45.2 Å².